The standard InChI is InChI=1S/C8H18N2.C2H6/c1-7(9)6-8-2-4-10-5-3-8;1-2/h7-8,10H,2-6,9H2,1H3;1-2H3. The molecular weight excluding hydrogens is 148 g/mol. The third-order valence-corrected chi connectivity index (χ3v) is 2.16. The average molecular weight is 172 g/mol. The second-order valence-corrected chi connectivity index (χ2v) is 3.41. The van der Waals surface area contributed by atoms with Gasteiger partial charge in [-0.25, -0.2) is 0 Å². The minimum Gasteiger partial charge on any atom is -0.328 e. The molecule has 1 fully saturated rings. The third kappa shape index (κ3) is 5.56. The van der Waals surface area contributed by atoms with Crippen molar-refractivity contribution >= 4 is 0 Å². The summed E-state index contributed by atoms with van der Waals surface area (Å²) in [5.74, 6) is 0.890. The van der Waals surface area contributed by atoms with Crippen LogP contribution in [0.25, 0.3) is 0 Å². The lowest BCUT2D eigenvalue weighted by molar-refractivity contribution is 0.337. The molecular formula is C10H24N2. The molecule has 74 valence electrons. The quantitative estimate of drug-likeness (QED) is 0.666. The van der Waals surface area contributed by atoms with Gasteiger partial charge in [0.2, 0.25) is 0 Å². The van der Waals surface area contributed by atoms with Gasteiger partial charge in [0, 0.05) is 6.04 Å². The van der Waals surface area contributed by atoms with E-state index in [9.17, 15) is 0 Å². The molecule has 2 nitrogen and oxygen atoms in total. The van der Waals surface area contributed by atoms with Gasteiger partial charge < -0.3 is 11.1 Å². The molecule has 0 bridgehead atoms. The van der Waals surface area contributed by atoms with Crippen molar-refractivity contribution in [1.29, 1.82) is 0 Å². The van der Waals surface area contributed by atoms with Crippen LogP contribution in [0.5, 0.6) is 0 Å². The molecule has 1 atom stereocenters. The summed E-state index contributed by atoms with van der Waals surface area (Å²) < 4.78 is 0. The van der Waals surface area contributed by atoms with Gasteiger partial charge in [0.25, 0.3) is 0 Å². The SMILES string of the molecule is CC.CC(N)CC1CCNCC1. The lowest BCUT2D eigenvalue weighted by Crippen LogP contribution is -2.31. The largest absolute Gasteiger partial charge is 0.328 e. The maximum absolute atomic E-state index is 5.70. The van der Waals surface area contributed by atoms with Crippen LogP contribution >= 0.6 is 0 Å². The fraction of sp³-hybridized carbons (Fsp3) is 1.00. The van der Waals surface area contributed by atoms with E-state index in [0.29, 0.717) is 6.04 Å². The Balaban J connectivity index is 0.000000561. The monoisotopic (exact) mass is 172 g/mol. The van der Waals surface area contributed by atoms with Gasteiger partial charge >= 0.3 is 0 Å². The molecule has 0 aromatic rings. The first-order valence-electron chi connectivity index (χ1n) is 5.25. The number of nitrogens with two attached hydrogens (primary N) is 1. The topological polar surface area (TPSA) is 38.0 Å². The van der Waals surface area contributed by atoms with E-state index in [0.717, 1.165) is 5.92 Å². The molecule has 0 saturated carbocycles. The maximum Gasteiger partial charge on any atom is 0.00131 e. The molecule has 1 rings (SSSR count). The minimum absolute atomic E-state index is 0.392. The van der Waals surface area contributed by atoms with E-state index >= 15 is 0 Å². The molecule has 1 saturated heterocycles. The van der Waals surface area contributed by atoms with Gasteiger partial charge in [-0.3, -0.25) is 0 Å². The van der Waals surface area contributed by atoms with Crippen LogP contribution < -0.4 is 11.1 Å². The Morgan fingerprint density at radius 1 is 1.33 bits per heavy atom. The lowest BCUT2D eigenvalue weighted by atomic mass is 9.92. The van der Waals surface area contributed by atoms with Crippen LogP contribution in [-0.4, -0.2) is 19.1 Å². The van der Waals surface area contributed by atoms with Crippen LogP contribution in [0.2, 0.25) is 0 Å². The Labute approximate surface area is 76.9 Å². The maximum atomic E-state index is 5.70. The van der Waals surface area contributed by atoms with Crippen LogP contribution in [0.15, 0.2) is 0 Å². The second-order valence-electron chi connectivity index (χ2n) is 3.41. The van der Waals surface area contributed by atoms with Crippen molar-refractivity contribution < 1.29 is 0 Å². The van der Waals surface area contributed by atoms with Gasteiger partial charge in [0.05, 0.1) is 0 Å². The average Bonchev–Trinajstić information content (AvgIpc) is 2.08. The van der Waals surface area contributed by atoms with E-state index in [1.807, 2.05) is 13.8 Å². The van der Waals surface area contributed by atoms with Crippen LogP contribution in [0, 0.1) is 5.92 Å². The van der Waals surface area contributed by atoms with E-state index < -0.39 is 0 Å². The molecule has 2 heteroatoms. The van der Waals surface area contributed by atoms with Crippen LogP contribution in [0.1, 0.15) is 40.0 Å². The van der Waals surface area contributed by atoms with Gasteiger partial charge in [-0.1, -0.05) is 13.8 Å². The van der Waals surface area contributed by atoms with Gasteiger partial charge in [-0.2, -0.15) is 0 Å². The van der Waals surface area contributed by atoms with E-state index in [4.69, 9.17) is 5.73 Å². The number of nitrogens with one attached hydrogen (secondary N) is 1. The Bertz CT molecular complexity index is 85.8. The summed E-state index contributed by atoms with van der Waals surface area (Å²) in [5.41, 5.74) is 5.70. The van der Waals surface area contributed by atoms with Crippen molar-refractivity contribution in [3.63, 3.8) is 0 Å². The minimum atomic E-state index is 0.392. The van der Waals surface area contributed by atoms with Gasteiger partial charge in [0.15, 0.2) is 0 Å². The Kier molecular flexibility index (Phi) is 7.51. The van der Waals surface area contributed by atoms with Crippen LogP contribution in [0.3, 0.4) is 0 Å². The number of piperidine rings is 1. The fourth-order valence-electron chi connectivity index (χ4n) is 1.64. The molecule has 0 spiro atoms. The molecule has 12 heavy (non-hydrogen) atoms. The molecule has 1 unspecified atom stereocenters. The summed E-state index contributed by atoms with van der Waals surface area (Å²) in [6.07, 6.45) is 3.85. The molecule has 1 aliphatic heterocycles. The predicted octanol–water partition coefficient (Wildman–Crippen LogP) is 1.75. The second kappa shape index (κ2) is 7.56. The highest BCUT2D eigenvalue weighted by molar-refractivity contribution is 4.71. The first-order valence-corrected chi connectivity index (χ1v) is 5.25. The van der Waals surface area contributed by atoms with Gasteiger partial charge in [-0.15, -0.1) is 0 Å². The van der Waals surface area contributed by atoms with Gasteiger partial charge in [-0.05, 0) is 45.2 Å². The van der Waals surface area contributed by atoms with Crippen LogP contribution in [-0.2, 0) is 0 Å². The summed E-state index contributed by atoms with van der Waals surface area (Å²) in [7, 11) is 0. The highest BCUT2D eigenvalue weighted by Gasteiger charge is 2.13. The normalized spacial score (nSPS) is 21.0. The Morgan fingerprint density at radius 2 is 1.83 bits per heavy atom. The molecule has 1 aliphatic rings. The summed E-state index contributed by atoms with van der Waals surface area (Å²) >= 11 is 0. The van der Waals surface area contributed by atoms with Crippen molar-refractivity contribution in [2.24, 2.45) is 11.7 Å². The van der Waals surface area contributed by atoms with E-state index in [1.54, 1.807) is 0 Å². The van der Waals surface area contributed by atoms with Crippen molar-refractivity contribution in [2.75, 3.05) is 13.1 Å². The molecule has 0 aromatic heterocycles. The first-order chi connectivity index (χ1) is 5.79. The first kappa shape index (κ1) is 11.9. The Hall–Kier alpha value is -0.0800. The highest BCUT2D eigenvalue weighted by Crippen LogP contribution is 2.16. The van der Waals surface area contributed by atoms with Crippen molar-refractivity contribution in [3.05, 3.63) is 0 Å². The smallest absolute Gasteiger partial charge is 0.00131 e. The van der Waals surface area contributed by atoms with Gasteiger partial charge in [0.1, 0.15) is 0 Å². The zero-order chi connectivity index (χ0) is 9.40. The van der Waals surface area contributed by atoms with Crippen molar-refractivity contribution in [1.82, 2.24) is 5.32 Å². The highest BCUT2D eigenvalue weighted by atomic mass is 14.9. The molecule has 0 aromatic carbocycles. The molecule has 1 heterocycles. The molecule has 0 amide bonds. The van der Waals surface area contributed by atoms with E-state index in [-0.39, 0.29) is 0 Å². The summed E-state index contributed by atoms with van der Waals surface area (Å²) in [4.78, 5) is 0. The summed E-state index contributed by atoms with van der Waals surface area (Å²) in [6, 6.07) is 0.392. The van der Waals surface area contributed by atoms with E-state index in [2.05, 4.69) is 12.2 Å². The molecule has 0 radical (unpaired) electrons. The van der Waals surface area contributed by atoms with Crippen LogP contribution in [0.4, 0.5) is 0 Å². The lowest BCUT2D eigenvalue weighted by Gasteiger charge is -2.23. The zero-order valence-electron chi connectivity index (χ0n) is 8.77. The van der Waals surface area contributed by atoms with Crippen molar-refractivity contribution in [2.45, 2.75) is 46.1 Å². The number of hydrogen-bond acceptors (Lipinski definition) is 2. The summed E-state index contributed by atoms with van der Waals surface area (Å²) in [6.45, 7) is 8.48. The third-order valence-electron chi connectivity index (χ3n) is 2.16. The molecule has 3 N–H and O–H groups in total. The summed E-state index contributed by atoms with van der Waals surface area (Å²) in [5, 5.41) is 3.35. The zero-order valence-corrected chi connectivity index (χ0v) is 8.77. The Morgan fingerprint density at radius 3 is 2.25 bits per heavy atom. The van der Waals surface area contributed by atoms with E-state index in [1.165, 1.54) is 32.4 Å². The van der Waals surface area contributed by atoms with Crippen molar-refractivity contribution in [3.8, 4) is 0 Å². The molecule has 0 aliphatic carbocycles. The predicted molar refractivity (Wildman–Crippen MR) is 55.2 cm³/mol. The number of hydrogen-bond donors (Lipinski definition) is 2. The fourth-order valence-corrected chi connectivity index (χ4v) is 1.64. The number of rotatable bonds is 2.